The molecule has 3 heterocycles. The zero-order chi connectivity index (χ0) is 26.8. The molecule has 1 fully saturated rings. The van der Waals surface area contributed by atoms with Crippen LogP contribution in [0.4, 0.5) is 4.39 Å². The molecule has 0 saturated carbocycles. The minimum Gasteiger partial charge on any atom is -0.465 e. The molecule has 0 aliphatic carbocycles. The van der Waals surface area contributed by atoms with Gasteiger partial charge in [0.2, 0.25) is 0 Å². The summed E-state index contributed by atoms with van der Waals surface area (Å²) in [5, 5.41) is 17.4. The van der Waals surface area contributed by atoms with Crippen molar-refractivity contribution in [2.45, 2.75) is 57.7 Å². The SMILES string of the molecule is CCOC(=O)[C@H](C)NP(=O)(OC[C@H]1O[C@@H](c2cnc3c(C)ncnn23)[C@](C)(F)[C@@H]1O)Oc1ccccc1. The second kappa shape index (κ2) is 10.8. The normalized spacial score (nSPS) is 26.1. The van der Waals surface area contributed by atoms with Crippen molar-refractivity contribution in [3.63, 3.8) is 0 Å². The smallest absolute Gasteiger partial charge is 0.459 e. The summed E-state index contributed by atoms with van der Waals surface area (Å²) >= 11 is 0. The van der Waals surface area contributed by atoms with Crippen molar-refractivity contribution in [1.29, 1.82) is 0 Å². The van der Waals surface area contributed by atoms with Crippen molar-refractivity contribution in [2.75, 3.05) is 13.2 Å². The molecule has 1 aliphatic rings. The first-order chi connectivity index (χ1) is 17.6. The van der Waals surface area contributed by atoms with Crippen molar-refractivity contribution < 1.29 is 37.4 Å². The number of aliphatic hydroxyl groups excluding tert-OH is 1. The average Bonchev–Trinajstić information content (AvgIpc) is 3.38. The highest BCUT2D eigenvalue weighted by atomic mass is 31.2. The van der Waals surface area contributed by atoms with Crippen LogP contribution in [0.1, 0.15) is 38.3 Å². The molecule has 14 heteroatoms. The van der Waals surface area contributed by atoms with E-state index in [1.807, 2.05) is 0 Å². The number of halogens is 1. The van der Waals surface area contributed by atoms with Crippen LogP contribution in [-0.4, -0.2) is 67.8 Å². The summed E-state index contributed by atoms with van der Waals surface area (Å²) in [6.45, 7) is 5.61. The van der Waals surface area contributed by atoms with Gasteiger partial charge in [-0.05, 0) is 39.8 Å². The number of imidazole rings is 1. The van der Waals surface area contributed by atoms with Gasteiger partial charge in [0, 0.05) is 0 Å². The predicted octanol–water partition coefficient (Wildman–Crippen LogP) is 2.71. The maximum Gasteiger partial charge on any atom is 0.459 e. The summed E-state index contributed by atoms with van der Waals surface area (Å²) in [5.41, 5.74) is -0.992. The predicted molar refractivity (Wildman–Crippen MR) is 129 cm³/mol. The Morgan fingerprint density at radius 3 is 2.78 bits per heavy atom. The number of carbonyl (C=O) groups excluding carboxylic acids is 1. The second-order valence-corrected chi connectivity index (χ2v) is 10.4. The lowest BCUT2D eigenvalue weighted by Gasteiger charge is -2.25. The number of esters is 1. The number of fused-ring (bicyclic) bond motifs is 1. The fourth-order valence-electron chi connectivity index (χ4n) is 3.96. The Morgan fingerprint density at radius 1 is 1.35 bits per heavy atom. The number of aryl methyl sites for hydroxylation is 1. The molecule has 0 radical (unpaired) electrons. The van der Waals surface area contributed by atoms with E-state index in [0.29, 0.717) is 11.3 Å². The first-order valence-corrected chi connectivity index (χ1v) is 13.2. The molecule has 1 aliphatic heterocycles. The number of nitrogens with one attached hydrogen (secondary N) is 1. The third-order valence-corrected chi connectivity index (χ3v) is 7.54. The molecule has 37 heavy (non-hydrogen) atoms. The number of hydrogen-bond acceptors (Lipinski definition) is 10. The van der Waals surface area contributed by atoms with Gasteiger partial charge >= 0.3 is 13.7 Å². The molecule has 3 aromatic rings. The lowest BCUT2D eigenvalue weighted by molar-refractivity contribution is -0.144. The van der Waals surface area contributed by atoms with E-state index in [1.165, 1.54) is 30.9 Å². The topological polar surface area (TPSA) is 146 Å². The molecule has 1 aromatic carbocycles. The number of rotatable bonds is 10. The van der Waals surface area contributed by atoms with Crippen LogP contribution in [0.15, 0.2) is 42.9 Å². The van der Waals surface area contributed by atoms with E-state index in [1.54, 1.807) is 44.2 Å². The Hall–Kier alpha value is -2.96. The van der Waals surface area contributed by atoms with Crippen molar-refractivity contribution in [2.24, 2.45) is 0 Å². The Labute approximate surface area is 212 Å². The third-order valence-electron chi connectivity index (χ3n) is 5.90. The van der Waals surface area contributed by atoms with Crippen molar-refractivity contribution in [3.8, 4) is 5.75 Å². The quantitative estimate of drug-likeness (QED) is 0.291. The maximum absolute atomic E-state index is 15.8. The summed E-state index contributed by atoms with van der Waals surface area (Å²) in [6, 6.07) is 7.12. The van der Waals surface area contributed by atoms with E-state index in [9.17, 15) is 14.5 Å². The van der Waals surface area contributed by atoms with Crippen LogP contribution in [0.3, 0.4) is 0 Å². The van der Waals surface area contributed by atoms with Gasteiger partial charge in [-0.25, -0.2) is 23.4 Å². The van der Waals surface area contributed by atoms with Gasteiger partial charge in [0.1, 0.15) is 36.4 Å². The Bertz CT molecular complexity index is 1290. The van der Waals surface area contributed by atoms with Gasteiger partial charge in [0.05, 0.1) is 30.8 Å². The number of aromatic nitrogens is 4. The molecule has 2 N–H and O–H groups in total. The summed E-state index contributed by atoms with van der Waals surface area (Å²) in [6.07, 6.45) is -1.44. The van der Waals surface area contributed by atoms with Gasteiger partial charge < -0.3 is 19.1 Å². The molecule has 2 aromatic heterocycles. The van der Waals surface area contributed by atoms with E-state index >= 15 is 4.39 Å². The van der Waals surface area contributed by atoms with Gasteiger partial charge in [-0.15, -0.1) is 0 Å². The number of ether oxygens (including phenoxy) is 2. The summed E-state index contributed by atoms with van der Waals surface area (Å²) in [7, 11) is -4.22. The van der Waals surface area contributed by atoms with Gasteiger partial charge in [-0.1, -0.05) is 18.2 Å². The van der Waals surface area contributed by atoms with Gasteiger partial charge in [-0.2, -0.15) is 10.2 Å². The van der Waals surface area contributed by atoms with Crippen LogP contribution in [0, 0.1) is 6.92 Å². The van der Waals surface area contributed by atoms with Crippen LogP contribution < -0.4 is 9.61 Å². The minimum absolute atomic E-state index is 0.127. The van der Waals surface area contributed by atoms with E-state index in [0.717, 1.165) is 0 Å². The molecule has 4 rings (SSSR count). The number of nitrogens with zero attached hydrogens (tertiary/aromatic N) is 4. The number of benzene rings is 1. The molecular weight excluding hydrogens is 508 g/mol. The highest BCUT2D eigenvalue weighted by Crippen LogP contribution is 2.48. The largest absolute Gasteiger partial charge is 0.465 e. The summed E-state index contributed by atoms with van der Waals surface area (Å²) in [5.74, 6) is -0.460. The Balaban J connectivity index is 1.54. The summed E-state index contributed by atoms with van der Waals surface area (Å²) in [4.78, 5) is 20.4. The standard InChI is InChI=1S/C23H29FN5O7P/c1-5-33-22(31)15(3)28-37(32,36-16-9-7-6-8-10-16)34-12-18-19(30)23(4,24)20(35-18)17-11-25-21-14(2)26-13-27-29(17)21/h6-11,13,15,18-20,30H,5,12H2,1-4H3,(H,28,32)/t15-,18+,19+,20-,23+,37?/m0/s1. The lowest BCUT2D eigenvalue weighted by Crippen LogP contribution is -2.40. The van der Waals surface area contributed by atoms with E-state index < -0.39 is 50.3 Å². The Kier molecular flexibility index (Phi) is 7.91. The number of carbonyl (C=O) groups is 1. The third kappa shape index (κ3) is 5.65. The first-order valence-electron chi connectivity index (χ1n) is 11.7. The van der Waals surface area contributed by atoms with Crippen LogP contribution >= 0.6 is 7.75 Å². The second-order valence-electron chi connectivity index (χ2n) is 8.71. The van der Waals surface area contributed by atoms with E-state index in [-0.39, 0.29) is 18.1 Å². The fraction of sp³-hybridized carbons (Fsp3) is 0.478. The molecular formula is C23H29FN5O7P. The summed E-state index contributed by atoms with van der Waals surface area (Å²) < 4.78 is 52.7. The zero-order valence-corrected chi connectivity index (χ0v) is 21.7. The molecule has 0 spiro atoms. The van der Waals surface area contributed by atoms with Gasteiger partial charge in [-0.3, -0.25) is 9.32 Å². The molecule has 1 saturated heterocycles. The highest BCUT2D eigenvalue weighted by molar-refractivity contribution is 7.52. The van der Waals surface area contributed by atoms with Crippen molar-refractivity contribution in [3.05, 3.63) is 54.2 Å². The maximum atomic E-state index is 15.8. The van der Waals surface area contributed by atoms with E-state index in [2.05, 4.69) is 20.2 Å². The molecule has 200 valence electrons. The molecule has 6 atom stereocenters. The van der Waals surface area contributed by atoms with Crippen molar-refractivity contribution >= 4 is 19.4 Å². The number of hydrogen-bond donors (Lipinski definition) is 2. The molecule has 0 bridgehead atoms. The first kappa shape index (κ1) is 27.1. The minimum atomic E-state index is -4.22. The van der Waals surface area contributed by atoms with Gasteiger partial charge in [0.25, 0.3) is 0 Å². The molecule has 0 amide bonds. The van der Waals surface area contributed by atoms with Crippen LogP contribution in [-0.2, 0) is 23.4 Å². The lowest BCUT2D eigenvalue weighted by atomic mass is 9.93. The molecule has 1 unspecified atom stereocenters. The number of alkyl halides is 1. The average molecular weight is 537 g/mol. The number of para-hydroxylation sites is 1. The molecule has 12 nitrogen and oxygen atoms in total. The van der Waals surface area contributed by atoms with Crippen LogP contribution in [0.5, 0.6) is 5.75 Å². The van der Waals surface area contributed by atoms with Crippen LogP contribution in [0.2, 0.25) is 0 Å². The fourth-order valence-corrected chi connectivity index (χ4v) is 5.46. The van der Waals surface area contributed by atoms with Gasteiger partial charge in [0.15, 0.2) is 11.3 Å². The zero-order valence-electron chi connectivity index (χ0n) is 20.8. The van der Waals surface area contributed by atoms with Crippen molar-refractivity contribution in [1.82, 2.24) is 24.7 Å². The van der Waals surface area contributed by atoms with E-state index in [4.69, 9.17) is 18.5 Å². The van der Waals surface area contributed by atoms with Crippen LogP contribution in [0.25, 0.3) is 5.65 Å². The highest BCUT2D eigenvalue weighted by Gasteiger charge is 2.56. The Morgan fingerprint density at radius 2 is 2.08 bits per heavy atom. The number of aliphatic hydroxyl groups is 1. The monoisotopic (exact) mass is 537 g/mol.